The predicted octanol–water partition coefficient (Wildman–Crippen LogP) is 2.58. The predicted molar refractivity (Wildman–Crippen MR) is 92.0 cm³/mol. The largest absolute Gasteiger partial charge is 0.387 e. The molecule has 120 valence electrons. The molecular weight excluding hydrogens is 320 g/mol. The Morgan fingerprint density at radius 3 is 2.55 bits per heavy atom. The smallest absolute Gasteiger partial charge is 0.239 e. The Hall–Kier alpha value is -1.40. The van der Waals surface area contributed by atoms with Crippen molar-refractivity contribution in [2.24, 2.45) is 5.73 Å². The zero-order chi connectivity index (χ0) is 15.2. The third-order valence-corrected chi connectivity index (χ3v) is 3.94. The van der Waals surface area contributed by atoms with E-state index in [-0.39, 0.29) is 24.9 Å². The molecule has 0 saturated heterocycles. The van der Waals surface area contributed by atoms with E-state index in [1.165, 1.54) is 11.3 Å². The van der Waals surface area contributed by atoms with E-state index in [0.717, 1.165) is 11.1 Å². The molecule has 1 aromatic carbocycles. The third kappa shape index (κ3) is 5.10. The molecule has 0 bridgehead atoms. The van der Waals surface area contributed by atoms with Gasteiger partial charge in [0.2, 0.25) is 5.91 Å². The molecule has 1 aromatic heterocycles. The number of aliphatic hydroxyl groups excluding tert-OH is 1. The lowest BCUT2D eigenvalue weighted by Gasteiger charge is -2.27. The molecule has 0 fully saturated rings. The summed E-state index contributed by atoms with van der Waals surface area (Å²) in [5, 5.41) is 14.1. The molecule has 2 atom stereocenters. The Bertz CT molecular complexity index is 561. The van der Waals surface area contributed by atoms with E-state index in [2.05, 4.69) is 0 Å². The zero-order valence-electron chi connectivity index (χ0n) is 12.4. The normalized spacial score (nSPS) is 13.0. The molecule has 0 aliphatic carbocycles. The molecule has 2 rings (SSSR count). The second-order valence-electron chi connectivity index (χ2n) is 5.07. The molecule has 2 aromatic rings. The molecule has 0 radical (unpaired) electrons. The third-order valence-electron chi connectivity index (χ3n) is 3.24. The van der Waals surface area contributed by atoms with Gasteiger partial charge in [-0.05, 0) is 34.9 Å². The number of carbonyl (C=O) groups is 1. The van der Waals surface area contributed by atoms with Gasteiger partial charge in [-0.1, -0.05) is 30.3 Å². The first-order chi connectivity index (χ1) is 10.1. The van der Waals surface area contributed by atoms with Crippen LogP contribution in [-0.2, 0) is 11.3 Å². The molecule has 0 aliphatic heterocycles. The number of nitrogens with two attached hydrogens (primary N) is 1. The first-order valence-electron chi connectivity index (χ1n) is 6.86. The SMILES string of the molecule is C[C@H](N)C(=O)N(Cc1ccccc1)CC(O)c1ccsc1.Cl. The van der Waals surface area contributed by atoms with Gasteiger partial charge >= 0.3 is 0 Å². The summed E-state index contributed by atoms with van der Waals surface area (Å²) in [6.45, 7) is 2.35. The molecule has 0 saturated carbocycles. The highest BCUT2D eigenvalue weighted by Gasteiger charge is 2.21. The summed E-state index contributed by atoms with van der Waals surface area (Å²) in [5.74, 6) is -0.159. The molecule has 3 N–H and O–H groups in total. The van der Waals surface area contributed by atoms with E-state index in [1.54, 1.807) is 11.8 Å². The van der Waals surface area contributed by atoms with Crippen LogP contribution in [-0.4, -0.2) is 28.5 Å². The summed E-state index contributed by atoms with van der Waals surface area (Å²) in [6.07, 6.45) is -0.692. The maximum absolute atomic E-state index is 12.2. The van der Waals surface area contributed by atoms with E-state index in [4.69, 9.17) is 5.73 Å². The summed E-state index contributed by atoms with van der Waals surface area (Å²) >= 11 is 1.53. The number of benzene rings is 1. The number of halogens is 1. The van der Waals surface area contributed by atoms with E-state index >= 15 is 0 Å². The monoisotopic (exact) mass is 340 g/mol. The highest BCUT2D eigenvalue weighted by Crippen LogP contribution is 2.19. The number of amides is 1. The van der Waals surface area contributed by atoms with Gasteiger partial charge < -0.3 is 15.7 Å². The van der Waals surface area contributed by atoms with Gasteiger partial charge in [0.05, 0.1) is 18.7 Å². The Morgan fingerprint density at radius 2 is 2.00 bits per heavy atom. The van der Waals surface area contributed by atoms with Gasteiger partial charge in [0, 0.05) is 6.54 Å². The summed E-state index contributed by atoms with van der Waals surface area (Å²) in [6, 6.07) is 11.0. The number of aliphatic hydroxyl groups is 1. The quantitative estimate of drug-likeness (QED) is 0.849. The van der Waals surface area contributed by atoms with Crippen LogP contribution in [0.5, 0.6) is 0 Å². The first kappa shape index (κ1) is 18.6. The summed E-state index contributed by atoms with van der Waals surface area (Å²) in [7, 11) is 0. The average Bonchev–Trinajstić information content (AvgIpc) is 3.01. The number of thiophene rings is 1. The van der Waals surface area contributed by atoms with Crippen molar-refractivity contribution in [3.05, 3.63) is 58.3 Å². The minimum absolute atomic E-state index is 0. The van der Waals surface area contributed by atoms with Crippen molar-refractivity contribution < 1.29 is 9.90 Å². The molecule has 0 spiro atoms. The lowest BCUT2D eigenvalue weighted by molar-refractivity contribution is -0.134. The first-order valence-corrected chi connectivity index (χ1v) is 7.80. The van der Waals surface area contributed by atoms with Crippen LogP contribution in [0.25, 0.3) is 0 Å². The Labute approximate surface area is 141 Å². The van der Waals surface area contributed by atoms with Crippen LogP contribution >= 0.6 is 23.7 Å². The van der Waals surface area contributed by atoms with Gasteiger partial charge in [-0.25, -0.2) is 0 Å². The molecule has 4 nitrogen and oxygen atoms in total. The number of rotatable bonds is 6. The van der Waals surface area contributed by atoms with Crippen LogP contribution in [0.1, 0.15) is 24.2 Å². The van der Waals surface area contributed by atoms with Crippen LogP contribution in [0, 0.1) is 0 Å². The van der Waals surface area contributed by atoms with Crippen molar-refractivity contribution in [3.63, 3.8) is 0 Å². The standard InChI is InChI=1S/C16H20N2O2S.ClH/c1-12(17)16(20)18(9-13-5-3-2-4-6-13)10-15(19)14-7-8-21-11-14;/h2-8,11-12,15,19H,9-10,17H2,1H3;1H/t12-,15?;/m0./s1. The highest BCUT2D eigenvalue weighted by molar-refractivity contribution is 7.07. The van der Waals surface area contributed by atoms with Gasteiger partial charge in [-0.2, -0.15) is 11.3 Å². The summed E-state index contributed by atoms with van der Waals surface area (Å²) in [4.78, 5) is 13.9. The summed E-state index contributed by atoms with van der Waals surface area (Å²) in [5.41, 5.74) is 7.56. The minimum Gasteiger partial charge on any atom is -0.387 e. The average molecular weight is 341 g/mol. The van der Waals surface area contributed by atoms with E-state index in [0.29, 0.717) is 6.54 Å². The van der Waals surface area contributed by atoms with Crippen molar-refractivity contribution in [2.75, 3.05) is 6.54 Å². The topological polar surface area (TPSA) is 66.6 Å². The van der Waals surface area contributed by atoms with Gasteiger partial charge in [-0.3, -0.25) is 4.79 Å². The lowest BCUT2D eigenvalue weighted by Crippen LogP contribution is -2.43. The van der Waals surface area contributed by atoms with Crippen molar-refractivity contribution in [2.45, 2.75) is 25.6 Å². The van der Waals surface area contributed by atoms with Gasteiger partial charge in [-0.15, -0.1) is 12.4 Å². The Balaban J connectivity index is 0.00000242. The van der Waals surface area contributed by atoms with Gasteiger partial charge in [0.15, 0.2) is 0 Å². The van der Waals surface area contributed by atoms with E-state index in [9.17, 15) is 9.90 Å². The van der Waals surface area contributed by atoms with Crippen molar-refractivity contribution in [1.82, 2.24) is 4.90 Å². The highest BCUT2D eigenvalue weighted by atomic mass is 35.5. The number of carbonyl (C=O) groups excluding carboxylic acids is 1. The van der Waals surface area contributed by atoms with Gasteiger partial charge in [0.1, 0.15) is 0 Å². The van der Waals surface area contributed by atoms with Crippen LogP contribution in [0.4, 0.5) is 0 Å². The van der Waals surface area contributed by atoms with Crippen molar-refractivity contribution in [1.29, 1.82) is 0 Å². The maximum Gasteiger partial charge on any atom is 0.239 e. The minimum atomic E-state index is -0.692. The van der Waals surface area contributed by atoms with Crippen LogP contribution in [0.3, 0.4) is 0 Å². The second kappa shape index (κ2) is 8.90. The fraction of sp³-hybridized carbons (Fsp3) is 0.312. The molecular formula is C16H21ClN2O2S. The maximum atomic E-state index is 12.2. The number of hydrogen-bond acceptors (Lipinski definition) is 4. The fourth-order valence-electron chi connectivity index (χ4n) is 2.10. The van der Waals surface area contributed by atoms with E-state index < -0.39 is 12.1 Å². The van der Waals surface area contributed by atoms with Gasteiger partial charge in [0.25, 0.3) is 0 Å². The number of hydrogen-bond donors (Lipinski definition) is 2. The molecule has 22 heavy (non-hydrogen) atoms. The molecule has 1 amide bonds. The molecule has 1 unspecified atom stereocenters. The van der Waals surface area contributed by atoms with Crippen molar-refractivity contribution >= 4 is 29.7 Å². The van der Waals surface area contributed by atoms with Crippen LogP contribution in [0.2, 0.25) is 0 Å². The van der Waals surface area contributed by atoms with Crippen LogP contribution in [0.15, 0.2) is 47.2 Å². The molecule has 0 aliphatic rings. The Morgan fingerprint density at radius 1 is 1.32 bits per heavy atom. The second-order valence-corrected chi connectivity index (χ2v) is 5.85. The van der Waals surface area contributed by atoms with Crippen LogP contribution < -0.4 is 5.73 Å². The fourth-order valence-corrected chi connectivity index (χ4v) is 2.81. The molecule has 1 heterocycles. The Kier molecular flexibility index (Phi) is 7.55. The van der Waals surface area contributed by atoms with E-state index in [1.807, 2.05) is 47.2 Å². The van der Waals surface area contributed by atoms with Crippen molar-refractivity contribution in [3.8, 4) is 0 Å². The zero-order valence-corrected chi connectivity index (χ0v) is 14.0. The molecule has 6 heteroatoms. The lowest BCUT2D eigenvalue weighted by atomic mass is 10.1. The summed E-state index contributed by atoms with van der Waals surface area (Å²) < 4.78 is 0. The number of nitrogens with zero attached hydrogens (tertiary/aromatic N) is 1.